The van der Waals surface area contributed by atoms with Gasteiger partial charge in [-0.1, -0.05) is 0 Å². The van der Waals surface area contributed by atoms with Crippen molar-refractivity contribution in [1.82, 2.24) is 19.7 Å². The second-order valence-corrected chi connectivity index (χ2v) is 4.92. The van der Waals surface area contributed by atoms with Crippen LogP contribution in [0.4, 0.5) is 5.82 Å². The molecular formula is C12H15N5O2. The lowest BCUT2D eigenvalue weighted by atomic mass is 10.1. The van der Waals surface area contributed by atoms with Crippen LogP contribution >= 0.6 is 0 Å². The van der Waals surface area contributed by atoms with Crippen LogP contribution in [-0.4, -0.2) is 36.9 Å². The number of hydrogen-bond acceptors (Lipinski definition) is 5. The van der Waals surface area contributed by atoms with E-state index in [9.17, 15) is 4.79 Å². The van der Waals surface area contributed by atoms with Crippen LogP contribution in [-0.2, 0) is 11.8 Å². The molecule has 0 aliphatic heterocycles. The molecule has 2 aromatic rings. The number of aromatic nitrogens is 4. The third-order valence-electron chi connectivity index (χ3n) is 3.65. The Kier molecular flexibility index (Phi) is 2.81. The lowest BCUT2D eigenvalue weighted by molar-refractivity contribution is -0.141. The van der Waals surface area contributed by atoms with Gasteiger partial charge >= 0.3 is 5.97 Å². The first-order chi connectivity index (χ1) is 9.15. The lowest BCUT2D eigenvalue weighted by Gasteiger charge is -2.13. The van der Waals surface area contributed by atoms with Crippen molar-refractivity contribution in [1.29, 1.82) is 0 Å². The van der Waals surface area contributed by atoms with Gasteiger partial charge < -0.3 is 10.4 Å². The average molecular weight is 261 g/mol. The molecule has 2 heterocycles. The highest BCUT2D eigenvalue weighted by Gasteiger charge is 2.30. The van der Waals surface area contributed by atoms with Crippen LogP contribution in [0.5, 0.6) is 0 Å². The molecule has 0 bridgehead atoms. The molecule has 2 aromatic heterocycles. The van der Waals surface area contributed by atoms with E-state index in [1.54, 1.807) is 10.9 Å². The van der Waals surface area contributed by atoms with E-state index in [-0.39, 0.29) is 12.0 Å². The van der Waals surface area contributed by atoms with Crippen LogP contribution in [0.25, 0.3) is 11.0 Å². The summed E-state index contributed by atoms with van der Waals surface area (Å²) < 4.78 is 1.69. The summed E-state index contributed by atoms with van der Waals surface area (Å²) in [7, 11) is 1.83. The molecule has 0 spiro atoms. The summed E-state index contributed by atoms with van der Waals surface area (Å²) in [5, 5.41) is 17.3. The molecule has 7 nitrogen and oxygen atoms in total. The summed E-state index contributed by atoms with van der Waals surface area (Å²) in [6.45, 7) is 0. The Hall–Kier alpha value is -2.18. The zero-order valence-corrected chi connectivity index (χ0v) is 10.6. The fourth-order valence-electron chi connectivity index (χ4n) is 2.61. The van der Waals surface area contributed by atoms with E-state index in [0.717, 1.165) is 23.3 Å². The standard InChI is InChI=1S/C12H15N5O2/c1-17-11-9(5-15-17)10(13-6-14-11)16-8-3-2-7(4-8)12(18)19/h5-8H,2-4H2,1H3,(H,18,19)(H,13,14,16)/t7-,8+/m1/s1. The number of carbonyl (C=O) groups is 1. The van der Waals surface area contributed by atoms with Crippen LogP contribution in [0, 0.1) is 5.92 Å². The number of nitrogens with zero attached hydrogens (tertiary/aromatic N) is 4. The predicted molar refractivity (Wildman–Crippen MR) is 68.7 cm³/mol. The summed E-state index contributed by atoms with van der Waals surface area (Å²) in [5.41, 5.74) is 0.769. The third-order valence-corrected chi connectivity index (χ3v) is 3.65. The molecule has 1 aliphatic carbocycles. The Morgan fingerprint density at radius 2 is 2.32 bits per heavy atom. The fourth-order valence-corrected chi connectivity index (χ4v) is 2.61. The van der Waals surface area contributed by atoms with Crippen molar-refractivity contribution in [3.05, 3.63) is 12.5 Å². The molecule has 0 amide bonds. The Bertz CT molecular complexity index is 624. The molecule has 0 radical (unpaired) electrons. The van der Waals surface area contributed by atoms with E-state index in [1.165, 1.54) is 6.33 Å². The van der Waals surface area contributed by atoms with Gasteiger partial charge in [-0.2, -0.15) is 5.10 Å². The van der Waals surface area contributed by atoms with Gasteiger partial charge in [-0.05, 0) is 19.3 Å². The molecule has 2 N–H and O–H groups in total. The van der Waals surface area contributed by atoms with Gasteiger partial charge in [0.05, 0.1) is 17.5 Å². The Balaban J connectivity index is 1.81. The van der Waals surface area contributed by atoms with Crippen molar-refractivity contribution in [2.24, 2.45) is 13.0 Å². The van der Waals surface area contributed by atoms with Gasteiger partial charge in [-0.15, -0.1) is 0 Å². The normalized spacial score (nSPS) is 22.8. The first kappa shape index (κ1) is 11.9. The van der Waals surface area contributed by atoms with Crippen LogP contribution in [0.15, 0.2) is 12.5 Å². The minimum atomic E-state index is -0.710. The minimum Gasteiger partial charge on any atom is -0.481 e. The monoisotopic (exact) mass is 261 g/mol. The zero-order valence-electron chi connectivity index (χ0n) is 10.6. The Labute approximate surface area is 109 Å². The third kappa shape index (κ3) is 2.11. The second-order valence-electron chi connectivity index (χ2n) is 4.92. The molecule has 0 saturated heterocycles. The van der Waals surface area contributed by atoms with Crippen molar-refractivity contribution in [2.45, 2.75) is 25.3 Å². The first-order valence-electron chi connectivity index (χ1n) is 6.27. The lowest BCUT2D eigenvalue weighted by Crippen LogP contribution is -2.18. The largest absolute Gasteiger partial charge is 0.481 e. The topological polar surface area (TPSA) is 92.9 Å². The molecule has 7 heteroatoms. The summed E-state index contributed by atoms with van der Waals surface area (Å²) in [4.78, 5) is 19.4. The van der Waals surface area contributed by atoms with Crippen molar-refractivity contribution in [2.75, 3.05) is 5.32 Å². The maximum atomic E-state index is 10.9. The summed E-state index contributed by atoms with van der Waals surface area (Å²) in [5.74, 6) is -0.226. The Morgan fingerprint density at radius 1 is 1.47 bits per heavy atom. The smallest absolute Gasteiger partial charge is 0.306 e. The molecule has 1 fully saturated rings. The number of nitrogens with one attached hydrogen (secondary N) is 1. The maximum Gasteiger partial charge on any atom is 0.306 e. The highest BCUT2D eigenvalue weighted by Crippen LogP contribution is 2.29. The van der Waals surface area contributed by atoms with E-state index in [1.807, 2.05) is 7.05 Å². The number of carboxylic acids is 1. The number of fused-ring (bicyclic) bond motifs is 1. The quantitative estimate of drug-likeness (QED) is 0.857. The maximum absolute atomic E-state index is 10.9. The van der Waals surface area contributed by atoms with Crippen LogP contribution < -0.4 is 5.32 Å². The number of hydrogen-bond donors (Lipinski definition) is 2. The molecular weight excluding hydrogens is 246 g/mol. The van der Waals surface area contributed by atoms with Crippen LogP contribution in [0.3, 0.4) is 0 Å². The van der Waals surface area contributed by atoms with Crippen molar-refractivity contribution >= 4 is 22.8 Å². The Morgan fingerprint density at radius 3 is 3.05 bits per heavy atom. The van der Waals surface area contributed by atoms with Crippen molar-refractivity contribution in [3.63, 3.8) is 0 Å². The first-order valence-corrected chi connectivity index (χ1v) is 6.27. The van der Waals surface area contributed by atoms with Gasteiger partial charge in [0.1, 0.15) is 12.1 Å². The number of aliphatic carboxylic acids is 1. The fraction of sp³-hybridized carbons (Fsp3) is 0.500. The number of aryl methyl sites for hydroxylation is 1. The number of anilines is 1. The SMILES string of the molecule is Cn1ncc2c(N[C@H]3CC[C@@H](C(=O)O)C3)ncnc21. The van der Waals surface area contributed by atoms with Gasteiger partial charge in [0.15, 0.2) is 5.65 Å². The van der Waals surface area contributed by atoms with E-state index in [4.69, 9.17) is 5.11 Å². The molecule has 1 saturated carbocycles. The highest BCUT2D eigenvalue weighted by molar-refractivity contribution is 5.86. The van der Waals surface area contributed by atoms with Crippen molar-refractivity contribution < 1.29 is 9.90 Å². The molecule has 100 valence electrons. The highest BCUT2D eigenvalue weighted by atomic mass is 16.4. The van der Waals surface area contributed by atoms with Gasteiger partial charge in [0.25, 0.3) is 0 Å². The van der Waals surface area contributed by atoms with E-state index in [2.05, 4.69) is 20.4 Å². The van der Waals surface area contributed by atoms with E-state index < -0.39 is 5.97 Å². The molecule has 0 aromatic carbocycles. The molecule has 19 heavy (non-hydrogen) atoms. The minimum absolute atomic E-state index is 0.152. The van der Waals surface area contributed by atoms with Crippen molar-refractivity contribution in [3.8, 4) is 0 Å². The van der Waals surface area contributed by atoms with Gasteiger partial charge in [-0.25, -0.2) is 9.97 Å². The van der Waals surface area contributed by atoms with Gasteiger partial charge in [0.2, 0.25) is 0 Å². The zero-order chi connectivity index (χ0) is 13.4. The summed E-state index contributed by atoms with van der Waals surface area (Å²) >= 11 is 0. The van der Waals surface area contributed by atoms with Gasteiger partial charge in [0, 0.05) is 13.1 Å². The van der Waals surface area contributed by atoms with E-state index >= 15 is 0 Å². The van der Waals surface area contributed by atoms with Crippen LogP contribution in [0.2, 0.25) is 0 Å². The number of rotatable bonds is 3. The van der Waals surface area contributed by atoms with E-state index in [0.29, 0.717) is 12.8 Å². The molecule has 1 aliphatic rings. The molecule has 0 unspecified atom stereocenters. The summed E-state index contributed by atoms with van der Waals surface area (Å²) in [6, 6.07) is 0.152. The van der Waals surface area contributed by atoms with Crippen LogP contribution in [0.1, 0.15) is 19.3 Å². The predicted octanol–water partition coefficient (Wildman–Crippen LogP) is 1.03. The number of carboxylic acid groups (broad SMARTS) is 1. The molecule has 3 rings (SSSR count). The second kappa shape index (κ2) is 4.49. The summed E-state index contributed by atoms with van der Waals surface area (Å²) in [6.07, 6.45) is 5.43. The average Bonchev–Trinajstić information content (AvgIpc) is 2.98. The van der Waals surface area contributed by atoms with Gasteiger partial charge in [-0.3, -0.25) is 9.48 Å². The molecule has 2 atom stereocenters.